The molecule has 0 saturated carbocycles. The number of rotatable bonds is 4. The fourth-order valence-electron chi connectivity index (χ4n) is 4.15. The normalized spacial score (nSPS) is 17.8. The number of halogens is 1. The maximum absolute atomic E-state index is 13.9. The number of hydrogen-bond acceptors (Lipinski definition) is 6. The second-order valence-corrected chi connectivity index (χ2v) is 8.75. The molecule has 0 atom stereocenters. The third kappa shape index (κ3) is 4.03. The first-order valence-electron chi connectivity index (χ1n) is 10.5. The Morgan fingerprint density at radius 3 is 2.59 bits per heavy atom. The van der Waals surface area contributed by atoms with E-state index in [9.17, 15) is 14.0 Å². The lowest BCUT2D eigenvalue weighted by atomic mass is 10.0. The molecule has 2 aliphatic rings. The van der Waals surface area contributed by atoms with Crippen LogP contribution in [0.25, 0.3) is 16.6 Å². The summed E-state index contributed by atoms with van der Waals surface area (Å²) in [5.41, 5.74) is 0.612. The molecule has 2 saturated heterocycles. The maximum atomic E-state index is 13.9. The minimum Gasteiger partial charge on any atom is -0.347 e. The first kappa shape index (κ1) is 21.1. The van der Waals surface area contributed by atoms with Crippen molar-refractivity contribution < 1.29 is 18.7 Å². The van der Waals surface area contributed by atoms with Gasteiger partial charge in [-0.3, -0.25) is 14.2 Å². The number of para-hydroxylation sites is 1. The molecule has 0 radical (unpaired) electrons. The molecule has 32 heavy (non-hydrogen) atoms. The van der Waals surface area contributed by atoms with E-state index in [1.807, 2.05) is 0 Å². The second kappa shape index (κ2) is 8.65. The van der Waals surface area contributed by atoms with E-state index in [0.717, 1.165) is 0 Å². The minimum atomic E-state index is -0.540. The molecule has 9 heteroatoms. The third-order valence-electron chi connectivity index (χ3n) is 5.83. The molecule has 1 amide bonds. The predicted molar refractivity (Wildman–Crippen MR) is 118 cm³/mol. The van der Waals surface area contributed by atoms with Crippen LogP contribution in [0.15, 0.2) is 58.5 Å². The van der Waals surface area contributed by atoms with Crippen molar-refractivity contribution in [3.05, 3.63) is 64.7 Å². The van der Waals surface area contributed by atoms with E-state index in [0.29, 0.717) is 60.9 Å². The summed E-state index contributed by atoms with van der Waals surface area (Å²) in [6, 6.07) is 12.8. The summed E-state index contributed by atoms with van der Waals surface area (Å²) in [5, 5.41) is 0.786. The molecule has 2 aromatic carbocycles. The Balaban J connectivity index is 1.39. The van der Waals surface area contributed by atoms with Crippen LogP contribution in [0.4, 0.5) is 4.39 Å². The Hall–Kier alpha value is -2.75. The van der Waals surface area contributed by atoms with Crippen LogP contribution in [0.1, 0.15) is 12.8 Å². The second-order valence-electron chi connectivity index (χ2n) is 7.81. The summed E-state index contributed by atoms with van der Waals surface area (Å²) in [4.78, 5) is 32.5. The van der Waals surface area contributed by atoms with E-state index in [1.165, 1.54) is 28.5 Å². The Morgan fingerprint density at radius 2 is 1.84 bits per heavy atom. The lowest BCUT2D eigenvalue weighted by molar-refractivity contribution is -0.186. The first-order chi connectivity index (χ1) is 15.5. The molecule has 3 heterocycles. The van der Waals surface area contributed by atoms with Crippen LogP contribution >= 0.6 is 11.8 Å². The molecule has 2 fully saturated rings. The number of ether oxygens (including phenoxy) is 2. The molecule has 3 aromatic rings. The highest BCUT2D eigenvalue weighted by atomic mass is 32.2. The van der Waals surface area contributed by atoms with E-state index in [2.05, 4.69) is 4.98 Å². The fourth-order valence-corrected chi connectivity index (χ4v) is 5.07. The van der Waals surface area contributed by atoms with Crippen LogP contribution in [0.5, 0.6) is 0 Å². The average molecular weight is 456 g/mol. The number of thioether (sulfide) groups is 1. The van der Waals surface area contributed by atoms with Crippen LogP contribution in [0, 0.1) is 5.82 Å². The van der Waals surface area contributed by atoms with Gasteiger partial charge in [0.05, 0.1) is 35.6 Å². The molecule has 0 bridgehead atoms. The lowest BCUT2D eigenvalue weighted by Gasteiger charge is -2.37. The summed E-state index contributed by atoms with van der Waals surface area (Å²) in [6.45, 7) is 2.30. The number of likely N-dealkylation sites (tertiary alicyclic amines) is 1. The summed E-state index contributed by atoms with van der Waals surface area (Å²) < 4.78 is 26.7. The van der Waals surface area contributed by atoms with Crippen molar-refractivity contribution in [2.75, 3.05) is 32.1 Å². The molecule has 5 rings (SSSR count). The van der Waals surface area contributed by atoms with Crippen molar-refractivity contribution in [2.24, 2.45) is 0 Å². The van der Waals surface area contributed by atoms with E-state index >= 15 is 0 Å². The summed E-state index contributed by atoms with van der Waals surface area (Å²) in [6.07, 6.45) is 1.29. The number of piperidine rings is 1. The van der Waals surface area contributed by atoms with Crippen LogP contribution < -0.4 is 5.56 Å². The van der Waals surface area contributed by atoms with Crippen LogP contribution in [0.3, 0.4) is 0 Å². The molecule has 0 unspecified atom stereocenters. The van der Waals surface area contributed by atoms with Gasteiger partial charge in [0.2, 0.25) is 5.91 Å². The SMILES string of the molecule is O=C(CSc1nc2ccccc2c(=O)n1-c1cccc(F)c1)N1CCC2(CC1)OCCO2. The van der Waals surface area contributed by atoms with E-state index in [-0.39, 0.29) is 17.2 Å². The summed E-state index contributed by atoms with van der Waals surface area (Å²) in [5.74, 6) is -0.916. The number of nitrogens with zero attached hydrogens (tertiary/aromatic N) is 3. The van der Waals surface area contributed by atoms with Crippen molar-refractivity contribution in [1.29, 1.82) is 0 Å². The van der Waals surface area contributed by atoms with Gasteiger partial charge in [0.25, 0.3) is 5.56 Å². The Kier molecular flexibility index (Phi) is 5.71. The largest absolute Gasteiger partial charge is 0.347 e. The minimum absolute atomic E-state index is 0.0453. The smallest absolute Gasteiger partial charge is 0.266 e. The van der Waals surface area contributed by atoms with Gasteiger partial charge in [0, 0.05) is 25.9 Å². The van der Waals surface area contributed by atoms with Crippen LogP contribution in [-0.4, -0.2) is 58.2 Å². The van der Waals surface area contributed by atoms with Crippen molar-refractivity contribution >= 4 is 28.6 Å². The monoisotopic (exact) mass is 455 g/mol. The third-order valence-corrected chi connectivity index (χ3v) is 6.75. The molecule has 7 nitrogen and oxygen atoms in total. The molecule has 166 valence electrons. The van der Waals surface area contributed by atoms with Crippen molar-refractivity contribution in [1.82, 2.24) is 14.5 Å². The van der Waals surface area contributed by atoms with Gasteiger partial charge in [-0.25, -0.2) is 9.37 Å². The number of benzene rings is 2. The van der Waals surface area contributed by atoms with Gasteiger partial charge in [-0.05, 0) is 30.3 Å². The highest BCUT2D eigenvalue weighted by Gasteiger charge is 2.40. The van der Waals surface area contributed by atoms with Gasteiger partial charge >= 0.3 is 0 Å². The molecular weight excluding hydrogens is 433 g/mol. The number of aromatic nitrogens is 2. The summed E-state index contributed by atoms with van der Waals surface area (Å²) >= 11 is 1.18. The Bertz CT molecular complexity index is 1220. The Labute approximate surface area is 188 Å². The zero-order valence-corrected chi connectivity index (χ0v) is 18.1. The fraction of sp³-hybridized carbons (Fsp3) is 0.348. The van der Waals surface area contributed by atoms with Gasteiger partial charge in [0.15, 0.2) is 10.9 Å². The lowest BCUT2D eigenvalue weighted by Crippen LogP contribution is -2.47. The molecule has 1 aromatic heterocycles. The molecule has 0 N–H and O–H groups in total. The zero-order valence-electron chi connectivity index (χ0n) is 17.3. The van der Waals surface area contributed by atoms with E-state index in [1.54, 1.807) is 41.3 Å². The van der Waals surface area contributed by atoms with Gasteiger partial charge in [0.1, 0.15) is 5.82 Å². The Morgan fingerprint density at radius 1 is 1.09 bits per heavy atom. The highest BCUT2D eigenvalue weighted by molar-refractivity contribution is 7.99. The molecule has 1 spiro atoms. The highest BCUT2D eigenvalue weighted by Crippen LogP contribution is 2.31. The number of hydrogen-bond donors (Lipinski definition) is 0. The molecular formula is C23H22FN3O4S. The first-order valence-corrected chi connectivity index (χ1v) is 11.5. The number of carbonyl (C=O) groups excluding carboxylic acids is 1. The van der Waals surface area contributed by atoms with Gasteiger partial charge in [-0.2, -0.15) is 0 Å². The number of amides is 1. The zero-order chi connectivity index (χ0) is 22.1. The average Bonchev–Trinajstić information content (AvgIpc) is 3.26. The molecule has 2 aliphatic heterocycles. The topological polar surface area (TPSA) is 73.7 Å². The van der Waals surface area contributed by atoms with Crippen LogP contribution in [-0.2, 0) is 14.3 Å². The van der Waals surface area contributed by atoms with Gasteiger partial charge < -0.3 is 14.4 Å². The van der Waals surface area contributed by atoms with Crippen LogP contribution in [0.2, 0.25) is 0 Å². The predicted octanol–water partition coefficient (Wildman–Crippen LogP) is 2.98. The quantitative estimate of drug-likeness (QED) is 0.445. The van der Waals surface area contributed by atoms with E-state index in [4.69, 9.17) is 9.47 Å². The van der Waals surface area contributed by atoms with Gasteiger partial charge in [-0.1, -0.05) is 30.0 Å². The number of fused-ring (bicyclic) bond motifs is 1. The van der Waals surface area contributed by atoms with Crippen molar-refractivity contribution in [3.8, 4) is 5.69 Å². The molecule has 0 aliphatic carbocycles. The van der Waals surface area contributed by atoms with Crippen molar-refractivity contribution in [2.45, 2.75) is 23.8 Å². The van der Waals surface area contributed by atoms with Crippen molar-refractivity contribution in [3.63, 3.8) is 0 Å². The standard InChI is InChI=1S/C23H22FN3O4S/c24-16-4-3-5-17(14-16)27-21(29)18-6-1-2-7-19(18)25-22(27)32-15-20(28)26-10-8-23(9-11-26)30-12-13-31-23/h1-7,14H,8-13,15H2. The van der Waals surface area contributed by atoms with E-state index < -0.39 is 11.6 Å². The van der Waals surface area contributed by atoms with Gasteiger partial charge in [-0.15, -0.1) is 0 Å². The number of carbonyl (C=O) groups is 1. The summed E-state index contributed by atoms with van der Waals surface area (Å²) in [7, 11) is 0. The maximum Gasteiger partial charge on any atom is 0.266 e.